The molecule has 0 saturated carbocycles. The number of carbonyl (C=O) groups is 1. The van der Waals surface area contributed by atoms with Gasteiger partial charge in [0.05, 0.1) is 25.3 Å². The third-order valence-electron chi connectivity index (χ3n) is 5.62. The number of hydrogen-bond acceptors (Lipinski definition) is 5. The van der Waals surface area contributed by atoms with E-state index in [9.17, 15) is 13.2 Å². The van der Waals surface area contributed by atoms with Crippen LogP contribution in [0, 0.1) is 20.8 Å². The van der Waals surface area contributed by atoms with Crippen molar-refractivity contribution in [2.45, 2.75) is 33.7 Å². The van der Waals surface area contributed by atoms with Crippen LogP contribution in [-0.2, 0) is 14.8 Å². The van der Waals surface area contributed by atoms with E-state index in [2.05, 4.69) is 34.2 Å². The van der Waals surface area contributed by atoms with Gasteiger partial charge in [-0.1, -0.05) is 18.2 Å². The van der Waals surface area contributed by atoms with E-state index in [1.165, 1.54) is 14.0 Å². The number of rotatable bonds is 8. The van der Waals surface area contributed by atoms with Crippen molar-refractivity contribution in [1.29, 1.82) is 0 Å². The number of nitrogens with one attached hydrogen (secondary N) is 1. The number of nitrogens with zero attached hydrogens (tertiary/aromatic N) is 3. The number of benzene rings is 2. The van der Waals surface area contributed by atoms with Gasteiger partial charge in [0.25, 0.3) is 5.91 Å². The van der Waals surface area contributed by atoms with Crippen LogP contribution in [0.5, 0.6) is 5.75 Å². The summed E-state index contributed by atoms with van der Waals surface area (Å²) in [4.78, 5) is 12.8. The Labute approximate surface area is 200 Å². The first kappa shape index (κ1) is 25.0. The first-order valence-electron chi connectivity index (χ1n) is 10.8. The molecule has 34 heavy (non-hydrogen) atoms. The molecule has 1 amide bonds. The second kappa shape index (κ2) is 10.1. The molecule has 180 valence electrons. The quantitative estimate of drug-likeness (QED) is 0.391. The van der Waals surface area contributed by atoms with Crippen LogP contribution in [0.15, 0.2) is 59.7 Å². The van der Waals surface area contributed by atoms with Crippen molar-refractivity contribution < 1.29 is 17.9 Å². The summed E-state index contributed by atoms with van der Waals surface area (Å²) in [6, 6.07) is 15.5. The number of aromatic nitrogens is 1. The van der Waals surface area contributed by atoms with Gasteiger partial charge in [-0.15, -0.1) is 0 Å². The van der Waals surface area contributed by atoms with Crippen molar-refractivity contribution in [2.24, 2.45) is 5.10 Å². The molecule has 1 aromatic heterocycles. The molecule has 0 aliphatic heterocycles. The molecule has 0 aliphatic carbocycles. The van der Waals surface area contributed by atoms with Crippen LogP contribution in [0.2, 0.25) is 0 Å². The highest BCUT2D eigenvalue weighted by Gasteiger charge is 2.29. The van der Waals surface area contributed by atoms with Gasteiger partial charge in [0.15, 0.2) is 0 Å². The molecule has 0 saturated heterocycles. The fraction of sp³-hybridized carbons (Fsp3) is 0.280. The monoisotopic (exact) mass is 482 g/mol. The average molecular weight is 483 g/mol. The van der Waals surface area contributed by atoms with Gasteiger partial charge in [-0.3, -0.25) is 9.10 Å². The summed E-state index contributed by atoms with van der Waals surface area (Å²) in [5, 5.41) is 4.10. The largest absolute Gasteiger partial charge is 0.497 e. The number of amides is 1. The Bertz CT molecular complexity index is 1310. The van der Waals surface area contributed by atoms with Crippen LogP contribution in [0.1, 0.15) is 29.4 Å². The number of hydrazone groups is 1. The molecule has 0 unspecified atom stereocenters. The van der Waals surface area contributed by atoms with E-state index in [-0.39, 0.29) is 0 Å². The molecule has 3 aromatic rings. The smallest absolute Gasteiger partial charge is 0.263 e. The Morgan fingerprint density at radius 1 is 1.12 bits per heavy atom. The highest BCUT2D eigenvalue weighted by molar-refractivity contribution is 7.92. The number of anilines is 1. The molecular weight excluding hydrogens is 452 g/mol. The van der Waals surface area contributed by atoms with Crippen molar-refractivity contribution in [3.63, 3.8) is 0 Å². The summed E-state index contributed by atoms with van der Waals surface area (Å²) in [5.74, 6) is 0.0346. The Morgan fingerprint density at radius 2 is 1.76 bits per heavy atom. The summed E-state index contributed by atoms with van der Waals surface area (Å²) in [7, 11) is -2.20. The normalized spacial score (nSPS) is 12.5. The second-order valence-corrected chi connectivity index (χ2v) is 9.97. The molecule has 2 aromatic carbocycles. The van der Waals surface area contributed by atoms with Gasteiger partial charge < -0.3 is 9.30 Å². The lowest BCUT2D eigenvalue weighted by Gasteiger charge is -2.27. The summed E-state index contributed by atoms with van der Waals surface area (Å²) in [6.45, 7) is 7.57. The summed E-state index contributed by atoms with van der Waals surface area (Å²) in [5.41, 5.74) is 7.93. The third kappa shape index (κ3) is 5.31. The predicted molar refractivity (Wildman–Crippen MR) is 135 cm³/mol. The fourth-order valence-corrected chi connectivity index (χ4v) is 5.07. The van der Waals surface area contributed by atoms with Crippen molar-refractivity contribution in [1.82, 2.24) is 9.99 Å². The molecule has 0 radical (unpaired) electrons. The predicted octanol–water partition coefficient (Wildman–Crippen LogP) is 3.72. The van der Waals surface area contributed by atoms with Gasteiger partial charge in [-0.25, -0.2) is 13.8 Å². The maximum absolute atomic E-state index is 12.8. The van der Waals surface area contributed by atoms with Gasteiger partial charge in [-0.05, 0) is 69.7 Å². The van der Waals surface area contributed by atoms with Crippen LogP contribution in [0.25, 0.3) is 5.69 Å². The van der Waals surface area contributed by atoms with Gasteiger partial charge in [0.2, 0.25) is 10.0 Å². The van der Waals surface area contributed by atoms with E-state index in [0.717, 1.165) is 38.8 Å². The molecule has 1 N–H and O–H groups in total. The third-order valence-corrected chi connectivity index (χ3v) is 6.86. The molecule has 3 rings (SSSR count). The molecule has 9 heteroatoms. The molecule has 0 fully saturated rings. The minimum absolute atomic E-state index is 0.358. The SMILES string of the molecule is COc1ccc(N([C@@H](C)C(=O)N/N=C\c2cc(C)n(-c3ccccc3C)c2C)S(C)(=O)=O)cc1. The Morgan fingerprint density at radius 3 is 2.35 bits per heavy atom. The van der Waals surface area contributed by atoms with E-state index >= 15 is 0 Å². The highest BCUT2D eigenvalue weighted by atomic mass is 32.2. The zero-order valence-corrected chi connectivity index (χ0v) is 21.1. The topological polar surface area (TPSA) is 93.0 Å². The van der Waals surface area contributed by atoms with Crippen molar-refractivity contribution >= 4 is 27.8 Å². The fourth-order valence-electron chi connectivity index (χ4n) is 3.90. The number of para-hydroxylation sites is 1. The maximum atomic E-state index is 12.8. The zero-order chi connectivity index (χ0) is 25.0. The van der Waals surface area contributed by atoms with Crippen LogP contribution in [0.4, 0.5) is 5.69 Å². The van der Waals surface area contributed by atoms with Gasteiger partial charge >= 0.3 is 0 Å². The Hall–Kier alpha value is -3.59. The Kier molecular flexibility index (Phi) is 7.46. The summed E-state index contributed by atoms with van der Waals surface area (Å²) >= 11 is 0. The summed E-state index contributed by atoms with van der Waals surface area (Å²) < 4.78 is 33.2. The minimum atomic E-state index is -3.73. The minimum Gasteiger partial charge on any atom is -0.497 e. The van der Waals surface area contributed by atoms with E-state index in [4.69, 9.17) is 4.74 Å². The lowest BCUT2D eigenvalue weighted by Crippen LogP contribution is -2.46. The first-order chi connectivity index (χ1) is 16.0. The number of sulfonamides is 1. The number of ether oxygens (including phenoxy) is 1. The standard InChI is InChI=1S/C25H30N4O4S/c1-17-9-7-8-10-24(17)28-18(2)15-21(19(28)3)16-26-27-25(30)20(4)29(34(6,31)32)22-11-13-23(33-5)14-12-22/h7-16,20H,1-6H3,(H,27,30)/b26-16-/t20-/m0/s1. The zero-order valence-electron chi connectivity index (χ0n) is 20.2. The van der Waals surface area contributed by atoms with Gasteiger partial charge in [-0.2, -0.15) is 5.10 Å². The van der Waals surface area contributed by atoms with E-state index < -0.39 is 22.0 Å². The van der Waals surface area contributed by atoms with Crippen LogP contribution in [0.3, 0.4) is 0 Å². The van der Waals surface area contributed by atoms with Crippen molar-refractivity contribution in [3.8, 4) is 11.4 Å². The van der Waals surface area contributed by atoms with E-state index in [1.54, 1.807) is 30.5 Å². The van der Waals surface area contributed by atoms with Crippen LogP contribution in [-0.4, -0.2) is 44.5 Å². The molecule has 1 heterocycles. The number of hydrogen-bond donors (Lipinski definition) is 1. The first-order valence-corrected chi connectivity index (χ1v) is 12.6. The molecule has 0 bridgehead atoms. The second-order valence-electron chi connectivity index (χ2n) is 8.12. The van der Waals surface area contributed by atoms with Crippen LogP contribution >= 0.6 is 0 Å². The van der Waals surface area contributed by atoms with Crippen molar-refractivity contribution in [2.75, 3.05) is 17.7 Å². The highest BCUT2D eigenvalue weighted by Crippen LogP contribution is 2.24. The summed E-state index contributed by atoms with van der Waals surface area (Å²) in [6.07, 6.45) is 2.63. The molecule has 1 atom stereocenters. The number of carbonyl (C=O) groups excluding carboxylic acids is 1. The lowest BCUT2D eigenvalue weighted by molar-refractivity contribution is -0.121. The van der Waals surface area contributed by atoms with E-state index in [0.29, 0.717) is 11.4 Å². The van der Waals surface area contributed by atoms with Crippen molar-refractivity contribution in [3.05, 3.63) is 77.1 Å². The maximum Gasteiger partial charge on any atom is 0.263 e. The molecule has 0 spiro atoms. The molecular formula is C25H30N4O4S. The number of methoxy groups -OCH3 is 1. The average Bonchev–Trinajstić information content (AvgIpc) is 3.06. The number of aryl methyl sites for hydroxylation is 2. The Balaban J connectivity index is 1.79. The lowest BCUT2D eigenvalue weighted by atomic mass is 10.2. The molecule has 8 nitrogen and oxygen atoms in total. The van der Waals surface area contributed by atoms with Crippen LogP contribution < -0.4 is 14.5 Å². The molecule has 0 aliphatic rings. The van der Waals surface area contributed by atoms with Gasteiger partial charge in [0, 0.05) is 22.6 Å². The van der Waals surface area contributed by atoms with Gasteiger partial charge in [0.1, 0.15) is 11.8 Å². The van der Waals surface area contributed by atoms with E-state index in [1.807, 2.05) is 32.0 Å².